The quantitative estimate of drug-likeness (QED) is 0.850. The van der Waals surface area contributed by atoms with E-state index in [0.29, 0.717) is 0 Å². The molecule has 0 saturated carbocycles. The second kappa shape index (κ2) is 5.85. The van der Waals surface area contributed by atoms with E-state index < -0.39 is 11.9 Å². The van der Waals surface area contributed by atoms with E-state index in [-0.39, 0.29) is 27.1 Å². The van der Waals surface area contributed by atoms with Crippen molar-refractivity contribution in [2.45, 2.75) is 0 Å². The monoisotopic (exact) mass is 311 g/mol. The van der Waals surface area contributed by atoms with Crippen LogP contribution in [-0.2, 0) is 0 Å². The van der Waals surface area contributed by atoms with E-state index in [0.717, 1.165) is 0 Å². The van der Waals surface area contributed by atoms with Crippen LogP contribution in [0.4, 0.5) is 5.82 Å². The number of nitrogens with zero attached hydrogens (tertiary/aromatic N) is 2. The number of rotatable bonds is 3. The normalized spacial score (nSPS) is 10.1. The summed E-state index contributed by atoms with van der Waals surface area (Å²) < 4.78 is 0. The molecule has 0 aliphatic carbocycles. The summed E-state index contributed by atoms with van der Waals surface area (Å²) in [5.41, 5.74) is 0.0234. The molecule has 102 valence electrons. The number of pyridine rings is 2. The second-order valence-electron chi connectivity index (χ2n) is 3.66. The number of aromatic nitrogens is 2. The maximum Gasteiger partial charge on any atom is 0.339 e. The van der Waals surface area contributed by atoms with Crippen LogP contribution in [0.25, 0.3) is 0 Å². The van der Waals surface area contributed by atoms with Gasteiger partial charge in [-0.1, -0.05) is 23.2 Å². The maximum atomic E-state index is 12.0. The Balaban J connectivity index is 2.28. The molecule has 0 bridgehead atoms. The van der Waals surface area contributed by atoms with Crippen molar-refractivity contribution in [2.24, 2.45) is 0 Å². The van der Waals surface area contributed by atoms with Crippen LogP contribution in [0.5, 0.6) is 0 Å². The fourth-order valence-corrected chi connectivity index (χ4v) is 1.67. The molecule has 0 spiro atoms. The van der Waals surface area contributed by atoms with Gasteiger partial charge in [-0.15, -0.1) is 0 Å². The van der Waals surface area contributed by atoms with Crippen LogP contribution in [0.15, 0.2) is 30.6 Å². The second-order valence-corrected chi connectivity index (χ2v) is 4.42. The smallest absolute Gasteiger partial charge is 0.339 e. The Bertz CT molecular complexity index is 691. The molecule has 1 amide bonds. The predicted octanol–water partition coefficient (Wildman–Crippen LogP) is 2.73. The Morgan fingerprint density at radius 3 is 2.65 bits per heavy atom. The van der Waals surface area contributed by atoms with Crippen LogP contribution in [-0.4, -0.2) is 27.0 Å². The summed E-state index contributed by atoms with van der Waals surface area (Å²) in [5, 5.41) is 11.6. The largest absolute Gasteiger partial charge is 0.478 e. The molecule has 0 fully saturated rings. The Morgan fingerprint density at radius 2 is 2.00 bits per heavy atom. The van der Waals surface area contributed by atoms with Crippen molar-refractivity contribution in [1.82, 2.24) is 9.97 Å². The zero-order chi connectivity index (χ0) is 14.7. The summed E-state index contributed by atoms with van der Waals surface area (Å²) in [6.45, 7) is 0. The SMILES string of the molecule is O=C(Nc1ncccc1C(=O)O)c1cnc(Cl)c(Cl)c1. The number of hydrogen-bond acceptors (Lipinski definition) is 4. The van der Waals surface area contributed by atoms with Crippen molar-refractivity contribution in [2.75, 3.05) is 5.32 Å². The minimum absolute atomic E-state index is 0.0592. The van der Waals surface area contributed by atoms with Crippen LogP contribution in [0.3, 0.4) is 0 Å². The molecule has 0 radical (unpaired) electrons. The van der Waals surface area contributed by atoms with Crippen LogP contribution in [0.2, 0.25) is 10.2 Å². The van der Waals surface area contributed by atoms with Gasteiger partial charge in [0.2, 0.25) is 0 Å². The average molecular weight is 312 g/mol. The number of amides is 1. The lowest BCUT2D eigenvalue weighted by Gasteiger charge is -2.07. The van der Waals surface area contributed by atoms with Gasteiger partial charge in [-0.05, 0) is 18.2 Å². The number of hydrogen-bond donors (Lipinski definition) is 2. The summed E-state index contributed by atoms with van der Waals surface area (Å²) in [6, 6.07) is 4.12. The fourth-order valence-electron chi connectivity index (χ4n) is 1.40. The van der Waals surface area contributed by atoms with E-state index in [1.54, 1.807) is 0 Å². The number of nitrogens with one attached hydrogen (secondary N) is 1. The van der Waals surface area contributed by atoms with Gasteiger partial charge in [0.15, 0.2) is 0 Å². The van der Waals surface area contributed by atoms with E-state index in [2.05, 4.69) is 15.3 Å². The minimum atomic E-state index is -1.19. The molecule has 2 heterocycles. The Morgan fingerprint density at radius 1 is 1.25 bits per heavy atom. The summed E-state index contributed by atoms with van der Waals surface area (Å²) in [6.07, 6.45) is 2.60. The maximum absolute atomic E-state index is 12.0. The van der Waals surface area contributed by atoms with Crippen LogP contribution >= 0.6 is 23.2 Å². The van der Waals surface area contributed by atoms with Crippen LogP contribution < -0.4 is 5.32 Å². The number of carbonyl (C=O) groups excluding carboxylic acids is 1. The standard InChI is InChI=1S/C12H7Cl2N3O3/c13-8-4-6(5-16-9(8)14)11(18)17-10-7(12(19)20)2-1-3-15-10/h1-5H,(H,19,20)(H,15,17,18). The molecule has 2 N–H and O–H groups in total. The average Bonchev–Trinajstić information content (AvgIpc) is 2.42. The molecule has 0 atom stereocenters. The minimum Gasteiger partial charge on any atom is -0.478 e. The van der Waals surface area contributed by atoms with Crippen molar-refractivity contribution in [3.63, 3.8) is 0 Å². The van der Waals surface area contributed by atoms with E-state index >= 15 is 0 Å². The van der Waals surface area contributed by atoms with Gasteiger partial charge in [0.25, 0.3) is 5.91 Å². The van der Waals surface area contributed by atoms with Gasteiger partial charge in [0.05, 0.1) is 10.6 Å². The first-order chi connectivity index (χ1) is 9.49. The lowest BCUT2D eigenvalue weighted by molar-refractivity contribution is 0.0697. The Hall–Kier alpha value is -2.18. The molecule has 2 aromatic rings. The number of carbonyl (C=O) groups is 2. The Kier molecular flexibility index (Phi) is 4.16. The highest BCUT2D eigenvalue weighted by Crippen LogP contribution is 2.20. The van der Waals surface area contributed by atoms with Crippen molar-refractivity contribution in [3.05, 3.63) is 51.9 Å². The molecule has 0 aliphatic heterocycles. The van der Waals surface area contributed by atoms with Gasteiger partial charge in [-0.3, -0.25) is 4.79 Å². The van der Waals surface area contributed by atoms with E-state index in [1.165, 1.54) is 30.6 Å². The van der Waals surface area contributed by atoms with Gasteiger partial charge in [-0.25, -0.2) is 14.8 Å². The van der Waals surface area contributed by atoms with Gasteiger partial charge >= 0.3 is 5.97 Å². The highest BCUT2D eigenvalue weighted by Gasteiger charge is 2.15. The zero-order valence-corrected chi connectivity index (χ0v) is 11.3. The van der Waals surface area contributed by atoms with Crippen molar-refractivity contribution < 1.29 is 14.7 Å². The third-order valence-corrected chi connectivity index (χ3v) is 3.01. The molecule has 0 aromatic carbocycles. The third-order valence-electron chi connectivity index (χ3n) is 2.33. The predicted molar refractivity (Wildman–Crippen MR) is 73.4 cm³/mol. The first-order valence-corrected chi connectivity index (χ1v) is 6.05. The first kappa shape index (κ1) is 14.2. The van der Waals surface area contributed by atoms with Gasteiger partial charge in [-0.2, -0.15) is 0 Å². The van der Waals surface area contributed by atoms with Crippen molar-refractivity contribution in [3.8, 4) is 0 Å². The Labute approximate surface area is 123 Å². The molecule has 8 heteroatoms. The summed E-state index contributed by atoms with van der Waals surface area (Å²) in [5.74, 6) is -1.84. The lowest BCUT2D eigenvalue weighted by atomic mass is 10.2. The topological polar surface area (TPSA) is 92.2 Å². The molecule has 0 aliphatic rings. The van der Waals surface area contributed by atoms with E-state index in [4.69, 9.17) is 28.3 Å². The molecular weight excluding hydrogens is 305 g/mol. The van der Waals surface area contributed by atoms with E-state index in [9.17, 15) is 9.59 Å². The number of halogens is 2. The van der Waals surface area contributed by atoms with E-state index in [1.807, 2.05) is 0 Å². The van der Waals surface area contributed by atoms with Crippen molar-refractivity contribution >= 4 is 40.9 Å². The number of carboxylic acids is 1. The van der Waals surface area contributed by atoms with Gasteiger partial charge in [0.1, 0.15) is 16.5 Å². The highest BCUT2D eigenvalue weighted by molar-refractivity contribution is 6.41. The lowest BCUT2D eigenvalue weighted by Crippen LogP contribution is -2.16. The molecule has 6 nitrogen and oxygen atoms in total. The molecule has 2 rings (SSSR count). The third kappa shape index (κ3) is 3.04. The molecule has 20 heavy (non-hydrogen) atoms. The molecule has 0 unspecified atom stereocenters. The summed E-state index contributed by atoms with van der Waals surface area (Å²) in [7, 11) is 0. The number of carboxylic acid groups (broad SMARTS) is 1. The zero-order valence-electron chi connectivity index (χ0n) is 9.80. The molecule has 2 aromatic heterocycles. The fraction of sp³-hybridized carbons (Fsp3) is 0. The summed E-state index contributed by atoms with van der Waals surface area (Å²) >= 11 is 11.4. The number of aromatic carboxylic acids is 1. The highest BCUT2D eigenvalue weighted by atomic mass is 35.5. The van der Waals surface area contributed by atoms with Gasteiger partial charge < -0.3 is 10.4 Å². The van der Waals surface area contributed by atoms with Crippen LogP contribution in [0.1, 0.15) is 20.7 Å². The van der Waals surface area contributed by atoms with Crippen molar-refractivity contribution in [1.29, 1.82) is 0 Å². The summed E-state index contributed by atoms with van der Waals surface area (Å²) in [4.78, 5) is 30.5. The van der Waals surface area contributed by atoms with Gasteiger partial charge in [0, 0.05) is 12.4 Å². The number of anilines is 1. The first-order valence-electron chi connectivity index (χ1n) is 5.29. The van der Waals surface area contributed by atoms with Crippen LogP contribution in [0, 0.1) is 0 Å². The molecule has 0 saturated heterocycles. The molecular formula is C12H7Cl2N3O3.